The van der Waals surface area contributed by atoms with Crippen LogP contribution < -0.4 is 10.5 Å². The van der Waals surface area contributed by atoms with Crippen molar-refractivity contribution < 1.29 is 4.74 Å². The van der Waals surface area contributed by atoms with Gasteiger partial charge in [-0.3, -0.25) is 0 Å². The van der Waals surface area contributed by atoms with E-state index in [9.17, 15) is 0 Å². The van der Waals surface area contributed by atoms with Crippen LogP contribution in [0, 0.1) is 0 Å². The highest BCUT2D eigenvalue weighted by molar-refractivity contribution is 6.09. The Hall–Kier alpha value is -2.85. The van der Waals surface area contributed by atoms with Crippen molar-refractivity contribution in [1.29, 1.82) is 0 Å². The van der Waals surface area contributed by atoms with Crippen LogP contribution in [0.1, 0.15) is 18.4 Å². The van der Waals surface area contributed by atoms with Crippen molar-refractivity contribution in [3.05, 3.63) is 60.3 Å². The third kappa shape index (κ3) is 2.82. The number of aromatic amines is 1. The third-order valence-electron chi connectivity index (χ3n) is 4.92. The van der Waals surface area contributed by atoms with Crippen LogP contribution in [0.2, 0.25) is 0 Å². The summed E-state index contributed by atoms with van der Waals surface area (Å²) in [6, 6.07) is 16.9. The van der Waals surface area contributed by atoms with Crippen molar-refractivity contribution in [2.75, 3.05) is 13.7 Å². The number of nitrogens with two attached hydrogens (primary N) is 1. The molecule has 0 aliphatic heterocycles. The molecule has 0 unspecified atom stereocenters. The molecule has 0 saturated heterocycles. The zero-order valence-electron chi connectivity index (χ0n) is 15.0. The van der Waals surface area contributed by atoms with Crippen molar-refractivity contribution >= 4 is 21.7 Å². The van der Waals surface area contributed by atoms with Crippen molar-refractivity contribution in [1.82, 2.24) is 9.97 Å². The molecule has 0 aliphatic rings. The number of nitrogens with zero attached hydrogens (tertiary/aromatic N) is 1. The molecule has 0 fully saturated rings. The number of pyridine rings is 1. The number of aromatic nitrogens is 2. The lowest BCUT2D eigenvalue weighted by Gasteiger charge is -2.08. The van der Waals surface area contributed by atoms with Gasteiger partial charge < -0.3 is 15.5 Å². The maximum atomic E-state index is 5.71. The fourth-order valence-corrected chi connectivity index (χ4v) is 3.67. The van der Waals surface area contributed by atoms with E-state index in [2.05, 4.69) is 52.4 Å². The van der Waals surface area contributed by atoms with Crippen LogP contribution in [-0.2, 0) is 6.42 Å². The number of methoxy groups -OCH3 is 1. The minimum Gasteiger partial charge on any atom is -0.481 e. The predicted octanol–water partition coefficient (Wildman–Crippen LogP) is 4.67. The second-order valence-corrected chi connectivity index (χ2v) is 6.49. The Balaban J connectivity index is 1.97. The Morgan fingerprint density at radius 3 is 2.73 bits per heavy atom. The topological polar surface area (TPSA) is 63.9 Å². The Morgan fingerprint density at radius 1 is 1.00 bits per heavy atom. The third-order valence-corrected chi connectivity index (χ3v) is 4.92. The normalized spacial score (nSPS) is 11.3. The predicted molar refractivity (Wildman–Crippen MR) is 108 cm³/mol. The van der Waals surface area contributed by atoms with E-state index >= 15 is 0 Å². The number of aryl methyl sites for hydroxylation is 1. The molecule has 4 heteroatoms. The molecule has 0 spiro atoms. The number of ether oxygens (including phenoxy) is 1. The summed E-state index contributed by atoms with van der Waals surface area (Å²) in [6.07, 6.45) is 4.81. The summed E-state index contributed by atoms with van der Waals surface area (Å²) in [7, 11) is 1.66. The fourth-order valence-electron chi connectivity index (χ4n) is 3.67. The van der Waals surface area contributed by atoms with E-state index in [4.69, 9.17) is 10.5 Å². The largest absolute Gasteiger partial charge is 0.481 e. The van der Waals surface area contributed by atoms with Crippen molar-refractivity contribution in [3.63, 3.8) is 0 Å². The molecule has 2 aromatic heterocycles. The molecule has 132 valence electrons. The van der Waals surface area contributed by atoms with Crippen molar-refractivity contribution in [2.45, 2.75) is 19.3 Å². The summed E-state index contributed by atoms with van der Waals surface area (Å²) in [4.78, 5) is 8.06. The van der Waals surface area contributed by atoms with Gasteiger partial charge in [0.15, 0.2) is 0 Å². The highest BCUT2D eigenvalue weighted by Gasteiger charge is 2.17. The van der Waals surface area contributed by atoms with Gasteiger partial charge in [-0.05, 0) is 48.9 Å². The number of hydrogen-bond acceptors (Lipinski definition) is 3. The molecule has 0 radical (unpaired) electrons. The SMILES string of the molecule is COc1ncccc1-c1[nH]c2c(ccc3ccccc32)c1CCCCN. The summed E-state index contributed by atoms with van der Waals surface area (Å²) in [5.41, 5.74) is 10.3. The fraction of sp³-hybridized carbons (Fsp3) is 0.227. The van der Waals surface area contributed by atoms with Crippen LogP contribution in [0.25, 0.3) is 32.9 Å². The van der Waals surface area contributed by atoms with Gasteiger partial charge in [0.1, 0.15) is 0 Å². The number of rotatable bonds is 6. The lowest BCUT2D eigenvalue weighted by atomic mass is 9.99. The van der Waals surface area contributed by atoms with Crippen molar-refractivity contribution in [3.8, 4) is 17.1 Å². The first kappa shape index (κ1) is 16.6. The van der Waals surface area contributed by atoms with Gasteiger partial charge in [-0.15, -0.1) is 0 Å². The van der Waals surface area contributed by atoms with Gasteiger partial charge in [-0.1, -0.05) is 36.4 Å². The molecule has 0 amide bonds. The number of benzene rings is 2. The first-order valence-electron chi connectivity index (χ1n) is 9.05. The van der Waals surface area contributed by atoms with Crippen LogP contribution in [0.4, 0.5) is 0 Å². The lowest BCUT2D eigenvalue weighted by molar-refractivity contribution is 0.399. The van der Waals surface area contributed by atoms with Gasteiger partial charge in [0.2, 0.25) is 5.88 Å². The number of hydrogen-bond donors (Lipinski definition) is 2. The second-order valence-electron chi connectivity index (χ2n) is 6.49. The van der Waals surface area contributed by atoms with Gasteiger partial charge in [-0.25, -0.2) is 4.98 Å². The molecule has 2 heterocycles. The highest BCUT2D eigenvalue weighted by atomic mass is 16.5. The molecule has 4 rings (SSSR count). The zero-order valence-corrected chi connectivity index (χ0v) is 15.0. The van der Waals surface area contributed by atoms with Crippen LogP contribution >= 0.6 is 0 Å². The van der Waals surface area contributed by atoms with Gasteiger partial charge >= 0.3 is 0 Å². The van der Waals surface area contributed by atoms with E-state index in [1.54, 1.807) is 13.3 Å². The molecule has 26 heavy (non-hydrogen) atoms. The van der Waals surface area contributed by atoms with Crippen LogP contribution in [0.15, 0.2) is 54.7 Å². The summed E-state index contributed by atoms with van der Waals surface area (Å²) < 4.78 is 5.51. The summed E-state index contributed by atoms with van der Waals surface area (Å²) >= 11 is 0. The first-order chi connectivity index (χ1) is 12.8. The number of H-pyrrole nitrogens is 1. The monoisotopic (exact) mass is 345 g/mol. The zero-order chi connectivity index (χ0) is 17.9. The van der Waals surface area contributed by atoms with E-state index in [1.165, 1.54) is 27.2 Å². The minimum atomic E-state index is 0.642. The van der Waals surface area contributed by atoms with E-state index in [1.807, 2.05) is 6.07 Å². The Kier molecular flexibility index (Phi) is 4.59. The minimum absolute atomic E-state index is 0.642. The average Bonchev–Trinajstić information content (AvgIpc) is 3.07. The molecular formula is C22H23N3O. The van der Waals surface area contributed by atoms with Crippen LogP contribution in [-0.4, -0.2) is 23.6 Å². The van der Waals surface area contributed by atoms with Crippen molar-refractivity contribution in [2.24, 2.45) is 5.73 Å². The molecule has 3 N–H and O–H groups in total. The number of unbranched alkanes of at least 4 members (excludes halogenated alkanes) is 1. The summed E-state index contributed by atoms with van der Waals surface area (Å²) in [5.74, 6) is 0.642. The lowest BCUT2D eigenvalue weighted by Crippen LogP contribution is -1.99. The van der Waals surface area contributed by atoms with E-state index in [0.717, 1.165) is 37.1 Å². The molecule has 0 bridgehead atoms. The molecular weight excluding hydrogens is 322 g/mol. The van der Waals surface area contributed by atoms with Crippen LogP contribution in [0.5, 0.6) is 5.88 Å². The molecule has 0 saturated carbocycles. The van der Waals surface area contributed by atoms with Crippen LogP contribution in [0.3, 0.4) is 0 Å². The Morgan fingerprint density at radius 2 is 1.88 bits per heavy atom. The van der Waals surface area contributed by atoms with Gasteiger partial charge in [0.25, 0.3) is 0 Å². The van der Waals surface area contributed by atoms with Gasteiger partial charge in [0.05, 0.1) is 23.9 Å². The number of nitrogens with one attached hydrogen (secondary N) is 1. The molecule has 0 aliphatic carbocycles. The average molecular weight is 345 g/mol. The smallest absolute Gasteiger partial charge is 0.222 e. The van der Waals surface area contributed by atoms with E-state index in [0.29, 0.717) is 5.88 Å². The second kappa shape index (κ2) is 7.18. The standard InChI is InChI=1S/C22H23N3O/c1-26-22-19(10-6-14-24-22)21-17(9-4-5-13-23)18-12-11-15-7-2-3-8-16(15)20(18)25-21/h2-3,6-8,10-12,14,25H,4-5,9,13,23H2,1H3. The summed E-state index contributed by atoms with van der Waals surface area (Å²) in [5, 5.41) is 3.74. The Labute approximate surface area is 153 Å². The van der Waals surface area contributed by atoms with E-state index < -0.39 is 0 Å². The Bertz CT molecular complexity index is 1050. The van der Waals surface area contributed by atoms with Gasteiger partial charge in [0, 0.05) is 17.0 Å². The first-order valence-corrected chi connectivity index (χ1v) is 9.05. The maximum Gasteiger partial charge on any atom is 0.222 e. The molecule has 4 aromatic rings. The molecule has 2 aromatic carbocycles. The van der Waals surface area contributed by atoms with E-state index in [-0.39, 0.29) is 0 Å². The maximum absolute atomic E-state index is 5.71. The number of fused-ring (bicyclic) bond motifs is 3. The molecule has 4 nitrogen and oxygen atoms in total. The highest BCUT2D eigenvalue weighted by Crippen LogP contribution is 2.37. The molecule has 0 atom stereocenters. The van der Waals surface area contributed by atoms with Gasteiger partial charge in [-0.2, -0.15) is 0 Å². The quantitative estimate of drug-likeness (QED) is 0.499. The summed E-state index contributed by atoms with van der Waals surface area (Å²) in [6.45, 7) is 0.719.